The van der Waals surface area contributed by atoms with Crippen LogP contribution in [0.1, 0.15) is 60.5 Å². The molecular formula is C18H23N3O3. The molecule has 0 aliphatic heterocycles. The summed E-state index contributed by atoms with van der Waals surface area (Å²) < 4.78 is 0. The fourth-order valence-corrected chi connectivity index (χ4v) is 2.41. The standard InChI is InChI=1S/C18H23N3O3/c1-11-9-15(21-20-11)17(24)19-14(10-16(22)23)12-5-7-13(8-6-12)18(2,3)4/h5-9,14H,10H2,1-4H3,(H,19,24)(H,20,21)(H,22,23). The predicted molar refractivity (Wildman–Crippen MR) is 90.9 cm³/mol. The van der Waals surface area contributed by atoms with Crippen LogP contribution in [-0.2, 0) is 10.2 Å². The molecule has 0 fully saturated rings. The Bertz CT molecular complexity index is 727. The molecule has 2 rings (SSSR count). The fraction of sp³-hybridized carbons (Fsp3) is 0.389. The fourth-order valence-electron chi connectivity index (χ4n) is 2.41. The van der Waals surface area contributed by atoms with Crippen LogP contribution in [0.25, 0.3) is 0 Å². The summed E-state index contributed by atoms with van der Waals surface area (Å²) in [7, 11) is 0. The molecule has 1 aromatic heterocycles. The Labute approximate surface area is 141 Å². The van der Waals surface area contributed by atoms with Crippen molar-refractivity contribution in [3.63, 3.8) is 0 Å². The monoisotopic (exact) mass is 329 g/mol. The lowest BCUT2D eigenvalue weighted by Gasteiger charge is -2.21. The number of hydrogen-bond donors (Lipinski definition) is 3. The van der Waals surface area contributed by atoms with Gasteiger partial charge in [0.05, 0.1) is 12.5 Å². The summed E-state index contributed by atoms with van der Waals surface area (Å²) in [5.41, 5.74) is 2.93. The van der Waals surface area contributed by atoms with E-state index >= 15 is 0 Å². The molecule has 2 aromatic rings. The zero-order valence-corrected chi connectivity index (χ0v) is 14.4. The third-order valence-corrected chi connectivity index (χ3v) is 3.80. The second-order valence-electron chi connectivity index (χ2n) is 6.93. The number of carbonyl (C=O) groups is 2. The average molecular weight is 329 g/mol. The molecule has 0 spiro atoms. The largest absolute Gasteiger partial charge is 0.481 e. The molecule has 6 heteroatoms. The molecule has 1 unspecified atom stereocenters. The number of carboxylic acids is 1. The number of nitrogens with zero attached hydrogens (tertiary/aromatic N) is 1. The van der Waals surface area contributed by atoms with E-state index in [1.165, 1.54) is 0 Å². The van der Waals surface area contributed by atoms with Crippen molar-refractivity contribution in [1.29, 1.82) is 0 Å². The van der Waals surface area contributed by atoms with Crippen LogP contribution in [0.2, 0.25) is 0 Å². The van der Waals surface area contributed by atoms with Crippen molar-refractivity contribution in [3.8, 4) is 0 Å². The van der Waals surface area contributed by atoms with Gasteiger partial charge in [0.15, 0.2) is 0 Å². The van der Waals surface area contributed by atoms with E-state index < -0.39 is 17.9 Å². The highest BCUT2D eigenvalue weighted by molar-refractivity contribution is 5.92. The number of aliphatic carboxylic acids is 1. The average Bonchev–Trinajstić information content (AvgIpc) is 2.92. The van der Waals surface area contributed by atoms with Gasteiger partial charge in [-0.25, -0.2) is 0 Å². The van der Waals surface area contributed by atoms with E-state index in [1.54, 1.807) is 13.0 Å². The molecule has 1 amide bonds. The summed E-state index contributed by atoms with van der Waals surface area (Å²) in [4.78, 5) is 23.4. The van der Waals surface area contributed by atoms with E-state index in [0.717, 1.165) is 16.8 Å². The van der Waals surface area contributed by atoms with E-state index in [2.05, 4.69) is 36.3 Å². The lowest BCUT2D eigenvalue weighted by molar-refractivity contribution is -0.137. The van der Waals surface area contributed by atoms with E-state index in [0.29, 0.717) is 0 Å². The first-order valence-corrected chi connectivity index (χ1v) is 7.82. The molecule has 3 N–H and O–H groups in total. The van der Waals surface area contributed by atoms with Gasteiger partial charge in [0.25, 0.3) is 5.91 Å². The number of H-pyrrole nitrogens is 1. The van der Waals surface area contributed by atoms with Gasteiger partial charge in [0, 0.05) is 5.69 Å². The Kier molecular flexibility index (Phi) is 5.07. The highest BCUT2D eigenvalue weighted by Crippen LogP contribution is 2.25. The Balaban J connectivity index is 2.21. The van der Waals surface area contributed by atoms with Gasteiger partial charge in [0.1, 0.15) is 5.69 Å². The molecule has 24 heavy (non-hydrogen) atoms. The lowest BCUT2D eigenvalue weighted by atomic mass is 9.86. The van der Waals surface area contributed by atoms with Crippen molar-refractivity contribution < 1.29 is 14.7 Å². The predicted octanol–water partition coefficient (Wildman–Crippen LogP) is 2.96. The molecule has 0 saturated heterocycles. The molecule has 1 atom stereocenters. The number of amides is 1. The summed E-state index contributed by atoms with van der Waals surface area (Å²) in [5, 5.41) is 18.5. The number of carboxylic acid groups (broad SMARTS) is 1. The van der Waals surface area contributed by atoms with Gasteiger partial charge in [-0.05, 0) is 29.5 Å². The Morgan fingerprint density at radius 1 is 1.25 bits per heavy atom. The van der Waals surface area contributed by atoms with Crippen molar-refractivity contribution in [1.82, 2.24) is 15.5 Å². The third kappa shape index (κ3) is 4.44. The molecule has 1 aromatic carbocycles. The van der Waals surface area contributed by atoms with Crippen molar-refractivity contribution in [2.45, 2.75) is 45.6 Å². The van der Waals surface area contributed by atoms with Gasteiger partial charge in [-0.3, -0.25) is 14.7 Å². The summed E-state index contributed by atoms with van der Waals surface area (Å²) in [6.45, 7) is 8.12. The first-order valence-electron chi connectivity index (χ1n) is 7.82. The molecular weight excluding hydrogens is 306 g/mol. The number of benzene rings is 1. The Morgan fingerprint density at radius 2 is 1.88 bits per heavy atom. The van der Waals surface area contributed by atoms with Crippen molar-refractivity contribution in [3.05, 3.63) is 52.8 Å². The number of carbonyl (C=O) groups excluding carboxylic acids is 1. The van der Waals surface area contributed by atoms with Crippen molar-refractivity contribution in [2.24, 2.45) is 0 Å². The minimum absolute atomic E-state index is 0.0106. The molecule has 6 nitrogen and oxygen atoms in total. The SMILES string of the molecule is Cc1cc(C(=O)NC(CC(=O)O)c2ccc(C(C)(C)C)cc2)n[nH]1. The summed E-state index contributed by atoms with van der Waals surface area (Å²) >= 11 is 0. The van der Waals surface area contributed by atoms with Crippen LogP contribution in [0, 0.1) is 6.92 Å². The smallest absolute Gasteiger partial charge is 0.305 e. The van der Waals surface area contributed by atoms with Crippen LogP contribution in [-0.4, -0.2) is 27.2 Å². The third-order valence-electron chi connectivity index (χ3n) is 3.80. The second kappa shape index (κ2) is 6.86. The van der Waals surface area contributed by atoms with Gasteiger partial charge in [-0.1, -0.05) is 45.0 Å². The highest BCUT2D eigenvalue weighted by atomic mass is 16.4. The minimum Gasteiger partial charge on any atom is -0.481 e. The van der Waals surface area contributed by atoms with Crippen LogP contribution in [0.15, 0.2) is 30.3 Å². The molecule has 0 aliphatic carbocycles. The number of hydrogen-bond acceptors (Lipinski definition) is 3. The normalized spacial score (nSPS) is 12.7. The maximum atomic E-state index is 12.3. The summed E-state index contributed by atoms with van der Waals surface area (Å²) in [6.07, 6.45) is -0.190. The van der Waals surface area contributed by atoms with Crippen LogP contribution < -0.4 is 5.32 Å². The zero-order valence-electron chi connectivity index (χ0n) is 14.4. The molecule has 1 heterocycles. The van der Waals surface area contributed by atoms with Crippen LogP contribution in [0.3, 0.4) is 0 Å². The first kappa shape index (κ1) is 17.7. The zero-order chi connectivity index (χ0) is 17.9. The molecule has 0 radical (unpaired) electrons. The number of nitrogens with one attached hydrogen (secondary N) is 2. The molecule has 0 bridgehead atoms. The van der Waals surface area contributed by atoms with Gasteiger partial charge in [-0.15, -0.1) is 0 Å². The van der Waals surface area contributed by atoms with Crippen LogP contribution in [0.5, 0.6) is 0 Å². The quantitative estimate of drug-likeness (QED) is 0.786. The molecule has 0 saturated carbocycles. The van der Waals surface area contributed by atoms with E-state index in [1.807, 2.05) is 24.3 Å². The second-order valence-corrected chi connectivity index (χ2v) is 6.93. The molecule has 128 valence electrons. The van der Waals surface area contributed by atoms with Gasteiger partial charge in [-0.2, -0.15) is 5.10 Å². The van der Waals surface area contributed by atoms with Crippen molar-refractivity contribution >= 4 is 11.9 Å². The Hall–Kier alpha value is -2.63. The highest BCUT2D eigenvalue weighted by Gasteiger charge is 2.21. The van der Waals surface area contributed by atoms with Crippen LogP contribution >= 0.6 is 0 Å². The molecule has 0 aliphatic rings. The number of aromatic nitrogens is 2. The van der Waals surface area contributed by atoms with Gasteiger partial charge >= 0.3 is 5.97 Å². The van der Waals surface area contributed by atoms with E-state index in [4.69, 9.17) is 5.11 Å². The topological polar surface area (TPSA) is 95.1 Å². The van der Waals surface area contributed by atoms with Crippen molar-refractivity contribution in [2.75, 3.05) is 0 Å². The number of aryl methyl sites for hydroxylation is 1. The summed E-state index contributed by atoms with van der Waals surface area (Å²) in [6, 6.07) is 8.68. The lowest BCUT2D eigenvalue weighted by Crippen LogP contribution is -2.30. The van der Waals surface area contributed by atoms with E-state index in [-0.39, 0.29) is 17.5 Å². The minimum atomic E-state index is -0.974. The van der Waals surface area contributed by atoms with Crippen LogP contribution in [0.4, 0.5) is 0 Å². The maximum absolute atomic E-state index is 12.3. The number of rotatable bonds is 5. The summed E-state index contributed by atoms with van der Waals surface area (Å²) in [5.74, 6) is -1.37. The van der Waals surface area contributed by atoms with E-state index in [9.17, 15) is 9.59 Å². The maximum Gasteiger partial charge on any atom is 0.305 e. The first-order chi connectivity index (χ1) is 11.2. The van der Waals surface area contributed by atoms with Gasteiger partial charge in [0.2, 0.25) is 0 Å². The Morgan fingerprint density at radius 3 is 2.33 bits per heavy atom. The van der Waals surface area contributed by atoms with Gasteiger partial charge < -0.3 is 10.4 Å². The number of aromatic amines is 1.